The molecule has 5 nitrogen and oxygen atoms in total. The third kappa shape index (κ3) is 3.70. The molecule has 1 aliphatic rings. The lowest BCUT2D eigenvalue weighted by atomic mass is 10.0. The van der Waals surface area contributed by atoms with Crippen LogP contribution in [0, 0.1) is 5.92 Å². The predicted octanol–water partition coefficient (Wildman–Crippen LogP) is 1.46. The number of amides is 1. The van der Waals surface area contributed by atoms with E-state index in [9.17, 15) is 13.2 Å². The predicted molar refractivity (Wildman–Crippen MR) is 73.0 cm³/mol. The Labute approximate surface area is 112 Å². The summed E-state index contributed by atoms with van der Waals surface area (Å²) < 4.78 is 28.0. The number of benzene rings is 1. The van der Waals surface area contributed by atoms with E-state index in [1.54, 1.807) is 31.4 Å². The number of sulfone groups is 1. The molecule has 1 aliphatic heterocycles. The Morgan fingerprint density at radius 3 is 2.58 bits per heavy atom. The van der Waals surface area contributed by atoms with Crippen molar-refractivity contribution in [2.75, 3.05) is 23.9 Å². The molecule has 1 aromatic carbocycles. The number of methoxy groups -OCH3 is 1. The lowest BCUT2D eigenvalue weighted by Gasteiger charge is -2.21. The van der Waals surface area contributed by atoms with Crippen molar-refractivity contribution in [2.24, 2.45) is 5.92 Å². The molecule has 1 heterocycles. The quantitative estimate of drug-likeness (QED) is 0.911. The molecule has 0 aromatic heterocycles. The van der Waals surface area contributed by atoms with Gasteiger partial charge in [0, 0.05) is 5.69 Å². The summed E-state index contributed by atoms with van der Waals surface area (Å²) in [6.07, 6.45) is 1.18. The smallest absolute Gasteiger partial charge is 0.228 e. The number of rotatable bonds is 3. The van der Waals surface area contributed by atoms with Gasteiger partial charge < -0.3 is 10.1 Å². The average molecular weight is 283 g/mol. The Hall–Kier alpha value is -1.56. The first-order valence-corrected chi connectivity index (χ1v) is 7.98. The summed E-state index contributed by atoms with van der Waals surface area (Å²) in [6.45, 7) is 0. The van der Waals surface area contributed by atoms with Crippen molar-refractivity contribution < 1.29 is 17.9 Å². The van der Waals surface area contributed by atoms with E-state index in [0.29, 0.717) is 24.3 Å². The molecule has 1 atom stereocenters. The molecule has 0 saturated carbocycles. The normalized spacial score (nSPS) is 21.6. The fourth-order valence-electron chi connectivity index (χ4n) is 2.15. The molecule has 1 saturated heterocycles. The largest absolute Gasteiger partial charge is 0.497 e. The molecular formula is C13H17NO4S. The van der Waals surface area contributed by atoms with Gasteiger partial charge in [-0.05, 0) is 37.1 Å². The molecule has 1 fully saturated rings. The summed E-state index contributed by atoms with van der Waals surface area (Å²) in [7, 11) is -1.49. The standard InChI is InChI=1S/C13H17NO4S/c1-18-12-6-4-11(5-7-12)14-13(15)10-3-2-8-19(16,17)9-10/h4-7,10H,2-3,8-9H2,1H3,(H,14,15). The molecule has 1 N–H and O–H groups in total. The van der Waals surface area contributed by atoms with Crippen molar-refractivity contribution in [3.8, 4) is 5.75 Å². The molecule has 104 valence electrons. The third-order valence-electron chi connectivity index (χ3n) is 3.19. The Balaban J connectivity index is 2.00. The molecule has 1 amide bonds. The number of hydrogen-bond acceptors (Lipinski definition) is 4. The molecule has 6 heteroatoms. The van der Waals surface area contributed by atoms with Gasteiger partial charge in [0.05, 0.1) is 24.5 Å². The molecule has 1 unspecified atom stereocenters. The Bertz CT molecular complexity index is 551. The second-order valence-electron chi connectivity index (χ2n) is 4.67. The molecule has 2 rings (SSSR count). The fourth-order valence-corrected chi connectivity index (χ4v) is 3.85. The minimum absolute atomic E-state index is 0.0466. The van der Waals surface area contributed by atoms with E-state index < -0.39 is 15.8 Å². The van der Waals surface area contributed by atoms with Crippen LogP contribution in [0.15, 0.2) is 24.3 Å². The summed E-state index contributed by atoms with van der Waals surface area (Å²) in [4.78, 5) is 12.0. The molecule has 0 radical (unpaired) electrons. The van der Waals surface area contributed by atoms with Crippen LogP contribution in [0.1, 0.15) is 12.8 Å². The summed E-state index contributed by atoms with van der Waals surface area (Å²) in [5.41, 5.74) is 0.647. The first kappa shape index (κ1) is 13.9. The van der Waals surface area contributed by atoms with Crippen molar-refractivity contribution in [3.05, 3.63) is 24.3 Å². The zero-order valence-corrected chi connectivity index (χ0v) is 11.6. The highest BCUT2D eigenvalue weighted by Gasteiger charge is 2.29. The summed E-state index contributed by atoms with van der Waals surface area (Å²) >= 11 is 0. The van der Waals surface area contributed by atoms with Gasteiger partial charge in [0.25, 0.3) is 0 Å². The highest BCUT2D eigenvalue weighted by atomic mass is 32.2. The maximum absolute atomic E-state index is 12.0. The SMILES string of the molecule is COc1ccc(NC(=O)C2CCCS(=O)(=O)C2)cc1. The van der Waals surface area contributed by atoms with E-state index in [0.717, 1.165) is 0 Å². The van der Waals surface area contributed by atoms with Crippen LogP contribution in [0.2, 0.25) is 0 Å². The minimum atomic E-state index is -3.06. The van der Waals surface area contributed by atoms with Crippen LogP contribution in [0.5, 0.6) is 5.75 Å². The van der Waals surface area contributed by atoms with Crippen LogP contribution in [-0.4, -0.2) is 32.9 Å². The lowest BCUT2D eigenvalue weighted by Crippen LogP contribution is -2.34. The second-order valence-corrected chi connectivity index (χ2v) is 6.90. The Morgan fingerprint density at radius 1 is 1.32 bits per heavy atom. The zero-order chi connectivity index (χ0) is 13.9. The van der Waals surface area contributed by atoms with E-state index in [4.69, 9.17) is 4.74 Å². The van der Waals surface area contributed by atoms with Gasteiger partial charge >= 0.3 is 0 Å². The molecule has 1 aromatic rings. The van der Waals surface area contributed by atoms with Crippen LogP contribution in [0.25, 0.3) is 0 Å². The number of nitrogens with one attached hydrogen (secondary N) is 1. The highest BCUT2D eigenvalue weighted by molar-refractivity contribution is 7.91. The number of hydrogen-bond donors (Lipinski definition) is 1. The lowest BCUT2D eigenvalue weighted by molar-refractivity contribution is -0.119. The maximum atomic E-state index is 12.0. The average Bonchev–Trinajstić information content (AvgIpc) is 2.38. The summed E-state index contributed by atoms with van der Waals surface area (Å²) in [5, 5.41) is 2.74. The molecule has 0 bridgehead atoms. The van der Waals surface area contributed by atoms with Gasteiger partial charge in [0.1, 0.15) is 5.75 Å². The molecule has 0 aliphatic carbocycles. The topological polar surface area (TPSA) is 72.5 Å². The number of carbonyl (C=O) groups excluding carboxylic acids is 1. The van der Waals surface area contributed by atoms with Crippen LogP contribution in [0.4, 0.5) is 5.69 Å². The number of carbonyl (C=O) groups is 1. The number of ether oxygens (including phenoxy) is 1. The first-order valence-electron chi connectivity index (χ1n) is 6.15. The van der Waals surface area contributed by atoms with Gasteiger partial charge in [-0.2, -0.15) is 0 Å². The highest BCUT2D eigenvalue weighted by Crippen LogP contribution is 2.21. The molecular weight excluding hydrogens is 266 g/mol. The van der Waals surface area contributed by atoms with E-state index in [2.05, 4.69) is 5.32 Å². The summed E-state index contributed by atoms with van der Waals surface area (Å²) in [5.74, 6) is 0.182. The zero-order valence-electron chi connectivity index (χ0n) is 10.8. The van der Waals surface area contributed by atoms with Gasteiger partial charge in [0.15, 0.2) is 9.84 Å². The van der Waals surface area contributed by atoms with E-state index >= 15 is 0 Å². The van der Waals surface area contributed by atoms with Gasteiger partial charge in [-0.3, -0.25) is 4.79 Å². The van der Waals surface area contributed by atoms with Gasteiger partial charge in [-0.1, -0.05) is 0 Å². The second kappa shape index (κ2) is 5.61. The molecule has 0 spiro atoms. The van der Waals surface area contributed by atoms with Crippen LogP contribution >= 0.6 is 0 Å². The fraction of sp³-hybridized carbons (Fsp3) is 0.462. The Morgan fingerprint density at radius 2 is 2.00 bits per heavy atom. The van der Waals surface area contributed by atoms with Crippen LogP contribution in [-0.2, 0) is 14.6 Å². The maximum Gasteiger partial charge on any atom is 0.228 e. The van der Waals surface area contributed by atoms with Gasteiger partial charge in [-0.25, -0.2) is 8.42 Å². The third-order valence-corrected chi connectivity index (χ3v) is 5.01. The van der Waals surface area contributed by atoms with Crippen LogP contribution < -0.4 is 10.1 Å². The monoisotopic (exact) mass is 283 g/mol. The van der Waals surface area contributed by atoms with Gasteiger partial charge in [0.2, 0.25) is 5.91 Å². The van der Waals surface area contributed by atoms with Crippen molar-refractivity contribution in [3.63, 3.8) is 0 Å². The van der Waals surface area contributed by atoms with E-state index in [-0.39, 0.29) is 17.4 Å². The van der Waals surface area contributed by atoms with Crippen molar-refractivity contribution in [1.29, 1.82) is 0 Å². The van der Waals surface area contributed by atoms with Gasteiger partial charge in [-0.15, -0.1) is 0 Å². The first-order chi connectivity index (χ1) is 9.00. The van der Waals surface area contributed by atoms with Crippen molar-refractivity contribution in [1.82, 2.24) is 0 Å². The molecule has 19 heavy (non-hydrogen) atoms. The van der Waals surface area contributed by atoms with Crippen molar-refractivity contribution in [2.45, 2.75) is 12.8 Å². The Kier molecular flexibility index (Phi) is 4.09. The summed E-state index contributed by atoms with van der Waals surface area (Å²) in [6, 6.07) is 6.95. The van der Waals surface area contributed by atoms with E-state index in [1.807, 2.05) is 0 Å². The minimum Gasteiger partial charge on any atom is -0.497 e. The van der Waals surface area contributed by atoms with Crippen LogP contribution in [0.3, 0.4) is 0 Å². The number of anilines is 1. The van der Waals surface area contributed by atoms with Crippen molar-refractivity contribution >= 4 is 21.4 Å². The van der Waals surface area contributed by atoms with E-state index in [1.165, 1.54) is 0 Å².